The van der Waals surface area contributed by atoms with Gasteiger partial charge in [0.05, 0.1) is 17.6 Å². The summed E-state index contributed by atoms with van der Waals surface area (Å²) in [6.07, 6.45) is 9.29. The summed E-state index contributed by atoms with van der Waals surface area (Å²) in [6.45, 7) is 0. The van der Waals surface area contributed by atoms with Crippen molar-refractivity contribution in [2.45, 2.75) is 49.6 Å². The molecule has 11 rings (SSSR count). The van der Waals surface area contributed by atoms with Gasteiger partial charge in [-0.25, -0.2) is 31.8 Å². The predicted molar refractivity (Wildman–Crippen MR) is 251 cm³/mol. The zero-order valence-electron chi connectivity index (χ0n) is 35.2. The highest BCUT2D eigenvalue weighted by molar-refractivity contribution is 7.92. The Balaban J connectivity index is 0.000000152. The van der Waals surface area contributed by atoms with E-state index in [4.69, 9.17) is 21.4 Å². The minimum absolute atomic E-state index is 0.197. The summed E-state index contributed by atoms with van der Waals surface area (Å²) in [4.78, 5) is 9.87. The predicted octanol–water partition coefficient (Wildman–Crippen LogP) is 9.98. The summed E-state index contributed by atoms with van der Waals surface area (Å²) in [5.74, 6) is -0.0244. The maximum absolute atomic E-state index is 13.5. The number of fused-ring (bicyclic) bond motifs is 2. The third-order valence-corrected chi connectivity index (χ3v) is 13.1. The molecule has 0 amide bonds. The van der Waals surface area contributed by atoms with Crippen LogP contribution in [0.4, 0.5) is 10.2 Å². The van der Waals surface area contributed by atoms with E-state index in [1.165, 1.54) is 30.5 Å². The van der Waals surface area contributed by atoms with Crippen LogP contribution in [0.1, 0.15) is 49.7 Å². The fraction of sp³-hybridized carbons (Fsp3) is 0.176. The molecule has 0 bridgehead atoms. The van der Waals surface area contributed by atoms with E-state index in [9.17, 15) is 12.8 Å². The molecule has 2 saturated carbocycles. The van der Waals surface area contributed by atoms with Crippen molar-refractivity contribution >= 4 is 27.1 Å². The van der Waals surface area contributed by atoms with Gasteiger partial charge in [-0.2, -0.15) is 5.10 Å². The molecule has 0 saturated heterocycles. The van der Waals surface area contributed by atoms with Crippen LogP contribution in [0.5, 0.6) is 0 Å². The van der Waals surface area contributed by atoms with Crippen LogP contribution in [0.25, 0.3) is 67.5 Å². The Labute approximate surface area is 370 Å². The van der Waals surface area contributed by atoms with Gasteiger partial charge in [-0.3, -0.25) is 4.72 Å². The molecule has 4 aromatic heterocycles. The van der Waals surface area contributed by atoms with E-state index >= 15 is 0 Å². The first-order chi connectivity index (χ1) is 30.9. The highest BCUT2D eigenvalue weighted by Crippen LogP contribution is 2.42. The third-order valence-electron chi connectivity index (χ3n) is 12.5. The van der Waals surface area contributed by atoms with Crippen LogP contribution in [0.3, 0.4) is 0 Å². The van der Waals surface area contributed by atoms with Gasteiger partial charge in [-0.1, -0.05) is 121 Å². The average molecular weight is 868 g/mol. The summed E-state index contributed by atoms with van der Waals surface area (Å²) in [5, 5.41) is 9.15. The molecule has 64 heavy (non-hydrogen) atoms. The minimum atomic E-state index is -3.44. The maximum Gasteiger partial charge on any atom is 0.231 e. The molecule has 0 radical (unpaired) electrons. The second kappa shape index (κ2) is 16.2. The van der Waals surface area contributed by atoms with Gasteiger partial charge >= 0.3 is 0 Å². The van der Waals surface area contributed by atoms with E-state index in [2.05, 4.69) is 63.5 Å². The highest BCUT2D eigenvalue weighted by atomic mass is 32.2. The average Bonchev–Trinajstić information content (AvgIpc) is 3.87. The molecule has 13 heteroatoms. The van der Waals surface area contributed by atoms with E-state index < -0.39 is 10.0 Å². The van der Waals surface area contributed by atoms with E-state index in [0.29, 0.717) is 5.65 Å². The van der Waals surface area contributed by atoms with Crippen LogP contribution in [0.15, 0.2) is 158 Å². The molecule has 5 N–H and O–H groups in total. The SMILES string of the molecule is CS(=O)(=O)Nc1ccc2nc(-c3ccc(C4(N)CCC4)cc3)c(-c3ccccc3)n2n1.NC1(c2ccc(-c3nc4c(-c5ccc(F)cc5)ccnn4c3-c3ccccc3)cc2)CCC1. The lowest BCUT2D eigenvalue weighted by Gasteiger charge is -2.38. The summed E-state index contributed by atoms with van der Waals surface area (Å²) in [6, 6.07) is 48.5. The van der Waals surface area contributed by atoms with Crippen molar-refractivity contribution in [1.29, 1.82) is 0 Å². The van der Waals surface area contributed by atoms with Crippen molar-refractivity contribution in [2.75, 3.05) is 11.0 Å². The van der Waals surface area contributed by atoms with Crippen molar-refractivity contribution in [1.82, 2.24) is 29.2 Å². The molecule has 2 fully saturated rings. The van der Waals surface area contributed by atoms with Gasteiger partial charge in [-0.15, -0.1) is 5.10 Å². The Morgan fingerprint density at radius 1 is 0.578 bits per heavy atom. The van der Waals surface area contributed by atoms with Crippen LogP contribution in [-0.4, -0.2) is 43.9 Å². The quantitative estimate of drug-likeness (QED) is 0.129. The van der Waals surface area contributed by atoms with E-state index in [-0.39, 0.29) is 22.7 Å². The van der Waals surface area contributed by atoms with E-state index in [0.717, 1.165) is 99.3 Å². The molecule has 9 aromatic rings. The molecule has 2 aliphatic rings. The Hall–Kier alpha value is -7.06. The van der Waals surface area contributed by atoms with Gasteiger partial charge in [0.15, 0.2) is 17.1 Å². The molecule has 2 aliphatic carbocycles. The van der Waals surface area contributed by atoms with Crippen molar-refractivity contribution in [3.05, 3.63) is 175 Å². The van der Waals surface area contributed by atoms with Crippen LogP contribution in [-0.2, 0) is 21.1 Å². The molecule has 4 heterocycles. The molecule has 0 unspecified atom stereocenters. The van der Waals surface area contributed by atoms with Crippen LogP contribution >= 0.6 is 0 Å². The lowest BCUT2D eigenvalue weighted by atomic mass is 9.72. The second-order valence-corrected chi connectivity index (χ2v) is 18.6. The van der Waals surface area contributed by atoms with Gasteiger partial charge in [0.25, 0.3) is 0 Å². The number of anilines is 1. The van der Waals surface area contributed by atoms with Crippen LogP contribution in [0, 0.1) is 5.82 Å². The fourth-order valence-electron chi connectivity index (χ4n) is 8.71. The second-order valence-electron chi connectivity index (χ2n) is 16.9. The normalized spacial score (nSPS) is 15.2. The first-order valence-corrected chi connectivity index (χ1v) is 23.3. The third kappa shape index (κ3) is 7.82. The molecule has 11 nitrogen and oxygen atoms in total. The number of imidazole rings is 2. The zero-order chi connectivity index (χ0) is 44.1. The zero-order valence-corrected chi connectivity index (χ0v) is 36.0. The standard InChI is InChI=1S/C28H23FN4.C23H23N5O2S/c29-23-13-9-19(10-14-23)24-15-18-31-33-26(21-5-2-1-3-6-21)25(32-27(24)33)20-7-11-22(12-8-20)28(30)16-4-17-28;1-31(29,30)27-19-12-13-20-25-21(22(28(20)26-19)17-6-3-2-4-7-17)16-8-10-18(11-9-16)23(24)14-5-15-23/h1-3,5-15,18H,4,16-17,30H2;2-4,6-13H,5,14-15,24H2,1H3,(H,26,27). The Morgan fingerprint density at radius 2 is 1.08 bits per heavy atom. The summed E-state index contributed by atoms with van der Waals surface area (Å²) in [7, 11) is -3.44. The first-order valence-electron chi connectivity index (χ1n) is 21.4. The number of rotatable bonds is 9. The van der Waals surface area contributed by atoms with Gasteiger partial charge in [-0.05, 0) is 85.5 Å². The van der Waals surface area contributed by atoms with E-state index in [1.54, 1.807) is 35.0 Å². The number of benzene rings is 5. The first kappa shape index (κ1) is 41.0. The Bertz CT molecular complexity index is 3240. The van der Waals surface area contributed by atoms with Crippen molar-refractivity contribution in [3.8, 4) is 56.2 Å². The summed E-state index contributed by atoms with van der Waals surface area (Å²) >= 11 is 0. The van der Waals surface area contributed by atoms with Crippen LogP contribution in [0.2, 0.25) is 0 Å². The van der Waals surface area contributed by atoms with Gasteiger partial charge < -0.3 is 11.5 Å². The van der Waals surface area contributed by atoms with Gasteiger partial charge in [0.2, 0.25) is 10.0 Å². The monoisotopic (exact) mass is 867 g/mol. The number of aromatic nitrogens is 6. The lowest BCUT2D eigenvalue weighted by molar-refractivity contribution is 0.253. The minimum Gasteiger partial charge on any atom is -0.321 e. The van der Waals surface area contributed by atoms with Gasteiger partial charge in [0.1, 0.15) is 17.2 Å². The molecule has 0 atom stereocenters. The number of sulfonamides is 1. The Kier molecular flexibility index (Phi) is 10.4. The summed E-state index contributed by atoms with van der Waals surface area (Å²) in [5.41, 5.74) is 25.4. The van der Waals surface area contributed by atoms with Gasteiger partial charge in [0, 0.05) is 45.1 Å². The summed E-state index contributed by atoms with van der Waals surface area (Å²) < 4.78 is 42.9. The van der Waals surface area contributed by atoms with Crippen molar-refractivity contribution < 1.29 is 12.8 Å². The number of nitrogens with two attached hydrogens (primary N) is 2. The fourth-order valence-corrected chi connectivity index (χ4v) is 9.19. The number of hydrogen-bond acceptors (Lipinski definition) is 8. The van der Waals surface area contributed by atoms with Crippen LogP contribution < -0.4 is 16.2 Å². The largest absolute Gasteiger partial charge is 0.321 e. The van der Waals surface area contributed by atoms with Crippen molar-refractivity contribution in [3.63, 3.8) is 0 Å². The topological polar surface area (TPSA) is 159 Å². The molecule has 5 aromatic carbocycles. The molecular weight excluding hydrogens is 822 g/mol. The maximum atomic E-state index is 13.5. The lowest BCUT2D eigenvalue weighted by Crippen LogP contribution is -2.43. The molecule has 0 spiro atoms. The van der Waals surface area contributed by atoms with E-state index in [1.807, 2.05) is 71.2 Å². The number of nitrogens with zero attached hydrogens (tertiary/aromatic N) is 6. The Morgan fingerprint density at radius 3 is 1.58 bits per heavy atom. The molecule has 0 aliphatic heterocycles. The highest BCUT2D eigenvalue weighted by Gasteiger charge is 2.35. The van der Waals surface area contributed by atoms with Crippen molar-refractivity contribution in [2.24, 2.45) is 11.5 Å². The number of hydrogen-bond donors (Lipinski definition) is 3. The number of nitrogens with one attached hydrogen (secondary N) is 1. The molecular formula is C51H46FN9O2S. The molecule has 320 valence electrons. The smallest absolute Gasteiger partial charge is 0.231 e. The number of halogens is 1.